The third kappa shape index (κ3) is 3.55. The van der Waals surface area contributed by atoms with Gasteiger partial charge in [-0.1, -0.05) is 12.1 Å². The standard InChI is InChI=1S/C15H14N4O2S2/c1-10-6-7-13(22-10)11-8-9-17-15(18-11)19-12-4-2-3-5-14(12)23(16,20)21/h2-9H,1H3,(H2,16,20,21)(H,17,18,19). The maximum atomic E-state index is 11.6. The number of benzene rings is 1. The molecule has 3 rings (SSSR count). The van der Waals surface area contributed by atoms with E-state index in [0.29, 0.717) is 11.6 Å². The first kappa shape index (κ1) is 15.6. The summed E-state index contributed by atoms with van der Waals surface area (Å²) in [5.74, 6) is 0.310. The van der Waals surface area contributed by atoms with E-state index in [9.17, 15) is 8.42 Å². The number of thiophene rings is 1. The molecule has 2 heterocycles. The molecule has 0 bridgehead atoms. The monoisotopic (exact) mass is 346 g/mol. The first-order valence-corrected chi connectivity index (χ1v) is 9.08. The lowest BCUT2D eigenvalue weighted by Gasteiger charge is -2.09. The average Bonchev–Trinajstić information content (AvgIpc) is 2.94. The number of nitrogens with zero attached hydrogens (tertiary/aromatic N) is 2. The van der Waals surface area contributed by atoms with Gasteiger partial charge in [0.05, 0.1) is 16.3 Å². The van der Waals surface area contributed by atoms with Crippen LogP contribution >= 0.6 is 11.3 Å². The number of aromatic nitrogens is 2. The molecule has 0 aliphatic carbocycles. The normalized spacial score (nSPS) is 11.4. The van der Waals surface area contributed by atoms with Crippen molar-refractivity contribution in [1.29, 1.82) is 0 Å². The van der Waals surface area contributed by atoms with Crippen LogP contribution in [0.15, 0.2) is 53.6 Å². The third-order valence-corrected chi connectivity index (χ3v) is 5.08. The van der Waals surface area contributed by atoms with Gasteiger partial charge in [-0.05, 0) is 37.3 Å². The molecule has 6 nitrogen and oxygen atoms in total. The van der Waals surface area contributed by atoms with Crippen LogP contribution in [0, 0.1) is 6.92 Å². The fourth-order valence-electron chi connectivity index (χ4n) is 2.07. The number of hydrogen-bond donors (Lipinski definition) is 2. The van der Waals surface area contributed by atoms with Gasteiger partial charge in [0, 0.05) is 11.1 Å². The summed E-state index contributed by atoms with van der Waals surface area (Å²) in [5.41, 5.74) is 1.11. The van der Waals surface area contributed by atoms with Crippen molar-refractivity contribution in [3.8, 4) is 10.6 Å². The van der Waals surface area contributed by atoms with Gasteiger partial charge in [0.25, 0.3) is 0 Å². The van der Waals surface area contributed by atoms with Crippen LogP contribution in [0.1, 0.15) is 4.88 Å². The molecule has 8 heteroatoms. The highest BCUT2D eigenvalue weighted by molar-refractivity contribution is 7.89. The summed E-state index contributed by atoms with van der Waals surface area (Å²) in [6.07, 6.45) is 1.62. The molecule has 0 atom stereocenters. The van der Waals surface area contributed by atoms with Gasteiger partial charge in [0.1, 0.15) is 4.90 Å². The van der Waals surface area contributed by atoms with Gasteiger partial charge < -0.3 is 5.32 Å². The molecule has 0 saturated carbocycles. The molecule has 0 aliphatic heterocycles. The summed E-state index contributed by atoms with van der Waals surface area (Å²) in [6.45, 7) is 2.02. The van der Waals surface area contributed by atoms with Crippen LogP contribution in [0.4, 0.5) is 11.6 Å². The van der Waals surface area contributed by atoms with Crippen LogP contribution in [0.3, 0.4) is 0 Å². The minimum Gasteiger partial charge on any atom is -0.323 e. The maximum Gasteiger partial charge on any atom is 0.240 e. The van der Waals surface area contributed by atoms with Crippen molar-refractivity contribution in [3.63, 3.8) is 0 Å². The van der Waals surface area contributed by atoms with E-state index in [1.54, 1.807) is 35.7 Å². The second-order valence-electron chi connectivity index (χ2n) is 4.84. The minimum atomic E-state index is -3.83. The summed E-state index contributed by atoms with van der Waals surface area (Å²) >= 11 is 1.63. The zero-order valence-electron chi connectivity index (χ0n) is 12.2. The molecule has 23 heavy (non-hydrogen) atoms. The van der Waals surface area contributed by atoms with E-state index in [-0.39, 0.29) is 4.90 Å². The molecule has 0 radical (unpaired) electrons. The molecule has 3 N–H and O–H groups in total. The second-order valence-corrected chi connectivity index (χ2v) is 7.66. The lowest BCUT2D eigenvalue weighted by Crippen LogP contribution is -2.14. The van der Waals surface area contributed by atoms with E-state index in [1.807, 2.05) is 25.1 Å². The van der Waals surface area contributed by atoms with Crippen molar-refractivity contribution < 1.29 is 8.42 Å². The molecule has 0 amide bonds. The van der Waals surface area contributed by atoms with E-state index in [0.717, 1.165) is 10.6 Å². The zero-order valence-corrected chi connectivity index (χ0v) is 13.9. The average molecular weight is 346 g/mol. The fraction of sp³-hybridized carbons (Fsp3) is 0.0667. The van der Waals surface area contributed by atoms with Gasteiger partial charge >= 0.3 is 0 Å². The van der Waals surface area contributed by atoms with Crippen molar-refractivity contribution in [2.75, 3.05) is 5.32 Å². The molecule has 0 fully saturated rings. The number of nitrogens with one attached hydrogen (secondary N) is 1. The van der Waals surface area contributed by atoms with E-state index in [2.05, 4.69) is 15.3 Å². The van der Waals surface area contributed by atoms with Crippen molar-refractivity contribution in [2.24, 2.45) is 5.14 Å². The van der Waals surface area contributed by atoms with Crippen LogP contribution in [0.2, 0.25) is 0 Å². The Morgan fingerprint density at radius 1 is 1.13 bits per heavy atom. The van der Waals surface area contributed by atoms with Crippen molar-refractivity contribution >= 4 is 33.0 Å². The maximum absolute atomic E-state index is 11.6. The Hall–Kier alpha value is -2.29. The Bertz CT molecular complexity index is 951. The summed E-state index contributed by atoms with van der Waals surface area (Å²) in [4.78, 5) is 10.8. The highest BCUT2D eigenvalue weighted by Gasteiger charge is 2.14. The Labute approximate surface area is 138 Å². The molecule has 118 valence electrons. The van der Waals surface area contributed by atoms with E-state index >= 15 is 0 Å². The molecule has 0 saturated heterocycles. The first-order chi connectivity index (χ1) is 10.9. The SMILES string of the molecule is Cc1ccc(-c2ccnc(Nc3ccccc3S(N)(=O)=O)n2)s1. The molecular formula is C15H14N4O2S2. The third-order valence-electron chi connectivity index (χ3n) is 3.09. The zero-order chi connectivity index (χ0) is 16.4. The van der Waals surface area contributed by atoms with Gasteiger partial charge in [-0.15, -0.1) is 11.3 Å². The van der Waals surface area contributed by atoms with Gasteiger partial charge in [-0.2, -0.15) is 0 Å². The van der Waals surface area contributed by atoms with Crippen molar-refractivity contribution in [3.05, 3.63) is 53.5 Å². The number of rotatable bonds is 4. The smallest absolute Gasteiger partial charge is 0.240 e. The molecule has 0 spiro atoms. The molecule has 1 aromatic carbocycles. The number of hydrogen-bond acceptors (Lipinski definition) is 6. The summed E-state index contributed by atoms with van der Waals surface area (Å²) < 4.78 is 23.3. The van der Waals surface area contributed by atoms with Crippen LogP contribution in [0.25, 0.3) is 10.6 Å². The van der Waals surface area contributed by atoms with Crippen LogP contribution < -0.4 is 10.5 Å². The number of anilines is 2. The molecule has 0 aliphatic rings. The second kappa shape index (κ2) is 6.07. The van der Waals surface area contributed by atoms with Gasteiger partial charge in [-0.25, -0.2) is 23.5 Å². The highest BCUT2D eigenvalue weighted by Crippen LogP contribution is 2.27. The summed E-state index contributed by atoms with van der Waals surface area (Å²) in [7, 11) is -3.83. The fourth-order valence-corrected chi connectivity index (χ4v) is 3.60. The summed E-state index contributed by atoms with van der Waals surface area (Å²) in [5, 5.41) is 8.15. The van der Waals surface area contributed by atoms with Crippen molar-refractivity contribution in [2.45, 2.75) is 11.8 Å². The van der Waals surface area contributed by atoms with Crippen LogP contribution in [-0.2, 0) is 10.0 Å². The van der Waals surface area contributed by atoms with E-state index < -0.39 is 10.0 Å². The van der Waals surface area contributed by atoms with Gasteiger partial charge in [0.2, 0.25) is 16.0 Å². The predicted molar refractivity (Wildman–Crippen MR) is 91.2 cm³/mol. The Kier molecular flexibility index (Phi) is 4.12. The highest BCUT2D eigenvalue weighted by atomic mass is 32.2. The molecule has 2 aromatic heterocycles. The number of sulfonamides is 1. The van der Waals surface area contributed by atoms with Crippen LogP contribution in [-0.4, -0.2) is 18.4 Å². The lowest BCUT2D eigenvalue weighted by molar-refractivity contribution is 0.598. The first-order valence-electron chi connectivity index (χ1n) is 6.72. The number of nitrogens with two attached hydrogens (primary N) is 1. The quantitative estimate of drug-likeness (QED) is 0.757. The molecule has 3 aromatic rings. The number of para-hydroxylation sites is 1. The Morgan fingerprint density at radius 2 is 1.91 bits per heavy atom. The Morgan fingerprint density at radius 3 is 2.61 bits per heavy atom. The van der Waals surface area contributed by atoms with Crippen LogP contribution in [0.5, 0.6) is 0 Å². The molecular weight excluding hydrogens is 332 g/mol. The molecule has 0 unspecified atom stereocenters. The minimum absolute atomic E-state index is 0.000899. The topological polar surface area (TPSA) is 98.0 Å². The van der Waals surface area contributed by atoms with Gasteiger partial charge in [-0.3, -0.25) is 0 Å². The lowest BCUT2D eigenvalue weighted by atomic mass is 10.3. The van der Waals surface area contributed by atoms with Gasteiger partial charge in [0.15, 0.2) is 0 Å². The van der Waals surface area contributed by atoms with E-state index in [4.69, 9.17) is 5.14 Å². The van der Waals surface area contributed by atoms with Crippen molar-refractivity contribution in [1.82, 2.24) is 9.97 Å². The summed E-state index contributed by atoms with van der Waals surface area (Å²) in [6, 6.07) is 12.2. The largest absolute Gasteiger partial charge is 0.323 e. The Balaban J connectivity index is 1.96. The predicted octanol–water partition coefficient (Wildman–Crippen LogP) is 2.90. The number of aryl methyl sites for hydroxylation is 1. The van der Waals surface area contributed by atoms with E-state index in [1.165, 1.54) is 10.9 Å². The number of primary sulfonamides is 1.